The van der Waals surface area contributed by atoms with E-state index in [0.717, 1.165) is 12.1 Å². The summed E-state index contributed by atoms with van der Waals surface area (Å²) in [6, 6.07) is 3.27. The molecular formula is C15H17F3N4O. The topological polar surface area (TPSA) is 69.0 Å². The van der Waals surface area contributed by atoms with Crippen LogP contribution in [0.4, 0.5) is 19.0 Å². The average Bonchev–Trinajstić information content (AvgIpc) is 2.78. The summed E-state index contributed by atoms with van der Waals surface area (Å²) < 4.78 is 38.3. The molecule has 5 nitrogen and oxygen atoms in total. The lowest BCUT2D eigenvalue weighted by molar-refractivity contribution is -0.141. The molecule has 1 unspecified atom stereocenters. The molecule has 124 valence electrons. The van der Waals surface area contributed by atoms with Crippen LogP contribution < -0.4 is 5.32 Å². The molecule has 0 aliphatic carbocycles. The van der Waals surface area contributed by atoms with Gasteiger partial charge in [0.2, 0.25) is 5.91 Å². The second-order valence-electron chi connectivity index (χ2n) is 6.42. The predicted octanol–water partition coefficient (Wildman–Crippen LogP) is 2.78. The standard InChI is InChI=1S/C15H17F3N4O/c1-14(2,3)22-8-10(6-12(22)23)20-13-9(7-19)4-5-11(21-13)15(16,17)18/h4-5,10H,6,8H2,1-3H3,(H,20,21). The van der Waals surface area contributed by atoms with Crippen LogP contribution >= 0.6 is 0 Å². The number of pyridine rings is 1. The number of nitrogens with one attached hydrogen (secondary N) is 1. The minimum atomic E-state index is -4.59. The van der Waals surface area contributed by atoms with Crippen molar-refractivity contribution in [1.82, 2.24) is 9.88 Å². The van der Waals surface area contributed by atoms with E-state index in [4.69, 9.17) is 5.26 Å². The molecular weight excluding hydrogens is 309 g/mol. The third kappa shape index (κ3) is 3.73. The van der Waals surface area contributed by atoms with Gasteiger partial charge in [-0.25, -0.2) is 4.98 Å². The second-order valence-corrected chi connectivity index (χ2v) is 6.42. The van der Waals surface area contributed by atoms with Crippen LogP contribution in [0.2, 0.25) is 0 Å². The summed E-state index contributed by atoms with van der Waals surface area (Å²) in [5.74, 6) is -0.226. The highest BCUT2D eigenvalue weighted by atomic mass is 19.4. The molecule has 0 bridgehead atoms. The minimum Gasteiger partial charge on any atom is -0.364 e. The third-order valence-electron chi connectivity index (χ3n) is 3.58. The van der Waals surface area contributed by atoms with E-state index >= 15 is 0 Å². The van der Waals surface area contributed by atoms with E-state index in [1.54, 1.807) is 4.90 Å². The summed E-state index contributed by atoms with van der Waals surface area (Å²) in [6.07, 6.45) is -4.44. The summed E-state index contributed by atoms with van der Waals surface area (Å²) >= 11 is 0. The fourth-order valence-corrected chi connectivity index (χ4v) is 2.46. The van der Waals surface area contributed by atoms with Gasteiger partial charge in [0.1, 0.15) is 17.6 Å². The molecule has 0 saturated carbocycles. The molecule has 8 heteroatoms. The summed E-state index contributed by atoms with van der Waals surface area (Å²) in [6.45, 7) is 6.01. The number of hydrogen-bond donors (Lipinski definition) is 1. The van der Waals surface area contributed by atoms with E-state index in [-0.39, 0.29) is 35.3 Å². The number of rotatable bonds is 2. The fourth-order valence-electron chi connectivity index (χ4n) is 2.46. The molecule has 1 atom stereocenters. The molecule has 0 aromatic carbocycles. The van der Waals surface area contributed by atoms with Crippen LogP contribution in [-0.2, 0) is 11.0 Å². The van der Waals surface area contributed by atoms with Crippen LogP contribution in [0.3, 0.4) is 0 Å². The molecule has 1 fully saturated rings. The van der Waals surface area contributed by atoms with Crippen molar-refractivity contribution in [3.63, 3.8) is 0 Å². The van der Waals surface area contributed by atoms with Crippen molar-refractivity contribution in [1.29, 1.82) is 5.26 Å². The minimum absolute atomic E-state index is 0.0136. The lowest BCUT2D eigenvalue weighted by Crippen LogP contribution is -2.43. The van der Waals surface area contributed by atoms with Crippen molar-refractivity contribution in [3.05, 3.63) is 23.4 Å². The highest BCUT2D eigenvalue weighted by Gasteiger charge is 2.37. The first kappa shape index (κ1) is 17.1. The van der Waals surface area contributed by atoms with E-state index < -0.39 is 11.9 Å². The summed E-state index contributed by atoms with van der Waals surface area (Å²) in [5, 5.41) is 11.8. The van der Waals surface area contributed by atoms with Crippen LogP contribution in [0.25, 0.3) is 0 Å². The Bertz CT molecular complexity index is 658. The molecule has 23 heavy (non-hydrogen) atoms. The number of carbonyl (C=O) groups excluding carboxylic acids is 1. The number of amides is 1. The molecule has 1 amide bonds. The van der Waals surface area contributed by atoms with Gasteiger partial charge in [0, 0.05) is 18.5 Å². The third-order valence-corrected chi connectivity index (χ3v) is 3.58. The van der Waals surface area contributed by atoms with Crippen LogP contribution in [-0.4, -0.2) is 33.9 Å². The summed E-state index contributed by atoms with van der Waals surface area (Å²) in [4.78, 5) is 17.2. The van der Waals surface area contributed by atoms with Gasteiger partial charge >= 0.3 is 6.18 Å². The Morgan fingerprint density at radius 2 is 2.00 bits per heavy atom. The van der Waals surface area contributed by atoms with E-state index in [2.05, 4.69) is 10.3 Å². The molecule has 1 aliphatic heterocycles. The number of anilines is 1. The fraction of sp³-hybridized carbons (Fsp3) is 0.533. The Balaban J connectivity index is 2.24. The predicted molar refractivity (Wildman–Crippen MR) is 77.4 cm³/mol. The number of likely N-dealkylation sites (tertiary alicyclic amines) is 1. The Hall–Kier alpha value is -2.30. The largest absolute Gasteiger partial charge is 0.433 e. The first-order valence-corrected chi connectivity index (χ1v) is 7.07. The monoisotopic (exact) mass is 326 g/mol. The average molecular weight is 326 g/mol. The van der Waals surface area contributed by atoms with Crippen molar-refractivity contribution in [2.75, 3.05) is 11.9 Å². The van der Waals surface area contributed by atoms with Gasteiger partial charge in [-0.2, -0.15) is 18.4 Å². The maximum absolute atomic E-state index is 12.8. The Kier molecular flexibility index (Phi) is 4.24. The van der Waals surface area contributed by atoms with Crippen LogP contribution in [0.15, 0.2) is 12.1 Å². The first-order valence-electron chi connectivity index (χ1n) is 7.07. The lowest BCUT2D eigenvalue weighted by atomic mass is 10.1. The smallest absolute Gasteiger partial charge is 0.364 e. The van der Waals surface area contributed by atoms with Crippen molar-refractivity contribution < 1.29 is 18.0 Å². The van der Waals surface area contributed by atoms with Crippen LogP contribution in [0.5, 0.6) is 0 Å². The SMILES string of the molecule is CC(C)(C)N1CC(Nc2nc(C(F)(F)F)ccc2C#N)CC1=O. The van der Waals surface area contributed by atoms with Crippen molar-refractivity contribution in [2.45, 2.75) is 44.9 Å². The molecule has 2 rings (SSSR count). The Morgan fingerprint density at radius 3 is 2.48 bits per heavy atom. The van der Waals surface area contributed by atoms with E-state index in [9.17, 15) is 18.0 Å². The van der Waals surface area contributed by atoms with Crippen LogP contribution in [0, 0.1) is 11.3 Å². The zero-order valence-electron chi connectivity index (χ0n) is 13.0. The number of carbonyl (C=O) groups is 1. The quantitative estimate of drug-likeness (QED) is 0.907. The molecule has 1 N–H and O–H groups in total. The molecule has 0 radical (unpaired) electrons. The number of hydrogen-bond acceptors (Lipinski definition) is 4. The van der Waals surface area contributed by atoms with Gasteiger partial charge in [-0.3, -0.25) is 4.79 Å². The first-order chi connectivity index (χ1) is 10.5. The molecule has 1 aromatic rings. The normalized spacial score (nSPS) is 18.9. The Morgan fingerprint density at radius 1 is 1.35 bits per heavy atom. The van der Waals surface area contributed by atoms with Gasteiger partial charge < -0.3 is 10.2 Å². The van der Waals surface area contributed by atoms with E-state index in [0.29, 0.717) is 6.54 Å². The van der Waals surface area contributed by atoms with Crippen molar-refractivity contribution in [2.24, 2.45) is 0 Å². The summed E-state index contributed by atoms with van der Waals surface area (Å²) in [7, 11) is 0. The number of alkyl halides is 3. The zero-order chi connectivity index (χ0) is 17.4. The van der Waals surface area contributed by atoms with Gasteiger partial charge in [-0.05, 0) is 32.9 Å². The Labute approximate surface area is 132 Å². The number of aromatic nitrogens is 1. The molecule has 1 saturated heterocycles. The number of nitrogens with zero attached hydrogens (tertiary/aromatic N) is 3. The van der Waals surface area contributed by atoms with Gasteiger partial charge in [0.25, 0.3) is 0 Å². The zero-order valence-corrected chi connectivity index (χ0v) is 13.0. The van der Waals surface area contributed by atoms with Gasteiger partial charge in [-0.1, -0.05) is 0 Å². The van der Waals surface area contributed by atoms with Gasteiger partial charge in [-0.15, -0.1) is 0 Å². The highest BCUT2D eigenvalue weighted by molar-refractivity contribution is 5.80. The molecule has 0 spiro atoms. The maximum atomic E-state index is 12.8. The second kappa shape index (κ2) is 5.72. The maximum Gasteiger partial charge on any atom is 0.433 e. The van der Waals surface area contributed by atoms with E-state index in [1.165, 1.54) is 0 Å². The van der Waals surface area contributed by atoms with Gasteiger partial charge in [0.05, 0.1) is 11.6 Å². The molecule has 1 aliphatic rings. The number of nitriles is 1. The molecule has 1 aromatic heterocycles. The lowest BCUT2D eigenvalue weighted by Gasteiger charge is -2.32. The van der Waals surface area contributed by atoms with Gasteiger partial charge in [0.15, 0.2) is 0 Å². The van der Waals surface area contributed by atoms with E-state index in [1.807, 2.05) is 26.8 Å². The van der Waals surface area contributed by atoms with Crippen LogP contribution in [0.1, 0.15) is 38.4 Å². The van der Waals surface area contributed by atoms with Crippen molar-refractivity contribution >= 4 is 11.7 Å². The highest BCUT2D eigenvalue weighted by Crippen LogP contribution is 2.30. The number of halogens is 3. The summed E-state index contributed by atoms with van der Waals surface area (Å²) in [5.41, 5.74) is -1.43. The molecule has 2 heterocycles. The van der Waals surface area contributed by atoms with Crippen molar-refractivity contribution in [3.8, 4) is 6.07 Å².